The molecule has 3 heteroatoms. The Morgan fingerprint density at radius 2 is 0.800 bits per heavy atom. The van der Waals surface area contributed by atoms with Gasteiger partial charge in [0.05, 0.1) is 6.61 Å². The quantitative estimate of drug-likeness (QED) is 0.153. The van der Waals surface area contributed by atoms with Crippen LogP contribution in [0.15, 0.2) is 0 Å². The molecular formula is C27H55NO2. The van der Waals surface area contributed by atoms with Gasteiger partial charge < -0.3 is 9.64 Å². The van der Waals surface area contributed by atoms with Gasteiger partial charge in [-0.1, -0.05) is 129 Å². The molecule has 0 atom stereocenters. The van der Waals surface area contributed by atoms with Crippen molar-refractivity contribution in [3.8, 4) is 0 Å². The minimum absolute atomic E-state index is 0.107. The van der Waals surface area contributed by atoms with Gasteiger partial charge in [-0.15, -0.1) is 0 Å². The predicted molar refractivity (Wildman–Crippen MR) is 132 cm³/mol. The first kappa shape index (κ1) is 29.3. The summed E-state index contributed by atoms with van der Waals surface area (Å²) in [5.74, 6) is 0. The Kier molecular flexibility index (Phi) is 23.9. The number of unbranched alkanes of at least 4 members (excludes halogenated alkanes) is 18. The topological polar surface area (TPSA) is 29.5 Å². The van der Waals surface area contributed by atoms with Crippen molar-refractivity contribution >= 4 is 6.09 Å². The van der Waals surface area contributed by atoms with Crippen LogP contribution in [0.25, 0.3) is 0 Å². The summed E-state index contributed by atoms with van der Waals surface area (Å²) in [4.78, 5) is 14.2. The second-order valence-electron chi connectivity index (χ2n) is 9.05. The average Bonchev–Trinajstić information content (AvgIpc) is 2.75. The molecule has 0 spiro atoms. The van der Waals surface area contributed by atoms with Crippen molar-refractivity contribution in [3.63, 3.8) is 0 Å². The van der Waals surface area contributed by atoms with Gasteiger partial charge in [0.25, 0.3) is 0 Å². The van der Waals surface area contributed by atoms with Gasteiger partial charge in [-0.25, -0.2) is 4.79 Å². The van der Waals surface area contributed by atoms with Gasteiger partial charge in [-0.05, 0) is 19.8 Å². The highest BCUT2D eigenvalue weighted by Gasteiger charge is 2.13. The zero-order valence-electron chi connectivity index (χ0n) is 21.0. The van der Waals surface area contributed by atoms with E-state index in [1.165, 1.54) is 116 Å². The second kappa shape index (κ2) is 24.5. The van der Waals surface area contributed by atoms with Gasteiger partial charge in [-0.2, -0.15) is 0 Å². The lowest BCUT2D eigenvalue weighted by Crippen LogP contribution is -2.33. The van der Waals surface area contributed by atoms with Crippen LogP contribution >= 0.6 is 0 Å². The van der Waals surface area contributed by atoms with Crippen LogP contribution in [0.2, 0.25) is 0 Å². The Bertz CT molecular complexity index is 322. The number of carbonyl (C=O) groups excluding carboxylic acids is 1. The molecule has 0 saturated heterocycles. The van der Waals surface area contributed by atoms with Gasteiger partial charge in [0.1, 0.15) is 0 Å². The average molecular weight is 426 g/mol. The monoisotopic (exact) mass is 425 g/mol. The van der Waals surface area contributed by atoms with Crippen LogP contribution in [0.5, 0.6) is 0 Å². The lowest BCUT2D eigenvalue weighted by Gasteiger charge is -2.22. The highest BCUT2D eigenvalue weighted by molar-refractivity contribution is 5.67. The summed E-state index contributed by atoms with van der Waals surface area (Å²) in [6.07, 6.45) is 26.5. The molecule has 0 rings (SSSR count). The van der Waals surface area contributed by atoms with Crippen LogP contribution in [0.4, 0.5) is 4.79 Å². The molecule has 0 aliphatic carbocycles. The molecule has 0 saturated carbocycles. The maximum atomic E-state index is 12.2. The van der Waals surface area contributed by atoms with Crippen LogP contribution in [0.1, 0.15) is 149 Å². The summed E-state index contributed by atoms with van der Waals surface area (Å²) in [5.41, 5.74) is 0. The Balaban J connectivity index is 3.70. The van der Waals surface area contributed by atoms with Crippen molar-refractivity contribution in [1.82, 2.24) is 4.90 Å². The largest absolute Gasteiger partial charge is 0.450 e. The van der Waals surface area contributed by atoms with E-state index in [1.807, 2.05) is 11.8 Å². The summed E-state index contributed by atoms with van der Waals surface area (Å²) in [6, 6.07) is 0. The molecule has 30 heavy (non-hydrogen) atoms. The highest BCUT2D eigenvalue weighted by atomic mass is 16.6. The van der Waals surface area contributed by atoms with Crippen molar-refractivity contribution < 1.29 is 9.53 Å². The molecule has 0 heterocycles. The van der Waals surface area contributed by atoms with E-state index in [4.69, 9.17) is 4.74 Å². The summed E-state index contributed by atoms with van der Waals surface area (Å²) in [7, 11) is 0. The van der Waals surface area contributed by atoms with E-state index >= 15 is 0 Å². The number of ether oxygens (including phenoxy) is 1. The van der Waals surface area contributed by atoms with Crippen LogP contribution in [0.3, 0.4) is 0 Å². The molecule has 0 aromatic carbocycles. The minimum atomic E-state index is -0.107. The third kappa shape index (κ3) is 20.5. The van der Waals surface area contributed by atoms with E-state index in [-0.39, 0.29) is 6.09 Å². The molecule has 0 aromatic rings. The molecule has 0 bridgehead atoms. The zero-order valence-corrected chi connectivity index (χ0v) is 21.0. The van der Waals surface area contributed by atoms with Crippen molar-refractivity contribution in [2.24, 2.45) is 0 Å². The molecule has 180 valence electrons. The third-order valence-corrected chi connectivity index (χ3v) is 6.09. The standard InChI is InChI=1S/C27H55NO2/c1-4-7-9-11-13-15-17-19-21-23-25-28(27(29)30-6-3)26-24-22-20-18-16-14-12-10-8-5-2/h4-26H2,1-3H3. The van der Waals surface area contributed by atoms with Gasteiger partial charge in [0, 0.05) is 13.1 Å². The lowest BCUT2D eigenvalue weighted by molar-refractivity contribution is 0.105. The van der Waals surface area contributed by atoms with Gasteiger partial charge in [-0.3, -0.25) is 0 Å². The van der Waals surface area contributed by atoms with Crippen molar-refractivity contribution in [2.45, 2.75) is 149 Å². The summed E-state index contributed by atoms with van der Waals surface area (Å²) in [5, 5.41) is 0. The number of rotatable bonds is 23. The van der Waals surface area contributed by atoms with E-state index in [0.717, 1.165) is 25.9 Å². The maximum Gasteiger partial charge on any atom is 0.409 e. The number of nitrogens with zero attached hydrogens (tertiary/aromatic N) is 1. The van der Waals surface area contributed by atoms with E-state index in [9.17, 15) is 4.79 Å². The van der Waals surface area contributed by atoms with Crippen LogP contribution in [0, 0.1) is 0 Å². The smallest absolute Gasteiger partial charge is 0.409 e. The number of hydrogen-bond donors (Lipinski definition) is 0. The number of hydrogen-bond acceptors (Lipinski definition) is 2. The predicted octanol–water partition coefficient (Wildman–Crippen LogP) is 9.29. The number of amides is 1. The molecule has 0 aliphatic heterocycles. The van der Waals surface area contributed by atoms with Crippen molar-refractivity contribution in [3.05, 3.63) is 0 Å². The molecule has 0 aliphatic rings. The maximum absolute atomic E-state index is 12.2. The molecule has 0 N–H and O–H groups in total. The van der Waals surface area contributed by atoms with Gasteiger partial charge >= 0.3 is 6.09 Å². The van der Waals surface area contributed by atoms with Crippen molar-refractivity contribution in [2.75, 3.05) is 19.7 Å². The number of carbonyl (C=O) groups is 1. The van der Waals surface area contributed by atoms with E-state index in [2.05, 4.69) is 13.8 Å². The normalized spacial score (nSPS) is 11.0. The molecule has 0 fully saturated rings. The highest BCUT2D eigenvalue weighted by Crippen LogP contribution is 2.13. The van der Waals surface area contributed by atoms with Gasteiger partial charge in [0.15, 0.2) is 0 Å². The Morgan fingerprint density at radius 1 is 0.500 bits per heavy atom. The SMILES string of the molecule is CCCCCCCCCCCCN(CCCCCCCCCCCC)C(=O)OCC. The Labute approximate surface area is 189 Å². The van der Waals surface area contributed by atoms with E-state index < -0.39 is 0 Å². The van der Waals surface area contributed by atoms with Crippen molar-refractivity contribution in [1.29, 1.82) is 0 Å². The minimum Gasteiger partial charge on any atom is -0.450 e. The molecule has 0 radical (unpaired) electrons. The third-order valence-electron chi connectivity index (χ3n) is 6.09. The van der Waals surface area contributed by atoms with Crippen LogP contribution in [-0.4, -0.2) is 30.7 Å². The first-order valence-corrected chi connectivity index (χ1v) is 13.7. The van der Waals surface area contributed by atoms with E-state index in [0.29, 0.717) is 6.61 Å². The fourth-order valence-electron chi connectivity index (χ4n) is 4.09. The van der Waals surface area contributed by atoms with Crippen LogP contribution in [-0.2, 0) is 4.74 Å². The van der Waals surface area contributed by atoms with Gasteiger partial charge in [0.2, 0.25) is 0 Å². The molecule has 0 unspecified atom stereocenters. The molecule has 1 amide bonds. The fraction of sp³-hybridized carbons (Fsp3) is 0.963. The summed E-state index contributed by atoms with van der Waals surface area (Å²) < 4.78 is 5.28. The molecule has 3 nitrogen and oxygen atoms in total. The first-order valence-electron chi connectivity index (χ1n) is 13.7. The first-order chi connectivity index (χ1) is 14.8. The zero-order chi connectivity index (χ0) is 22.1. The van der Waals surface area contributed by atoms with Crippen LogP contribution < -0.4 is 0 Å². The van der Waals surface area contributed by atoms with E-state index in [1.54, 1.807) is 0 Å². The Hall–Kier alpha value is -0.730. The fourth-order valence-corrected chi connectivity index (χ4v) is 4.09. The Morgan fingerprint density at radius 3 is 1.10 bits per heavy atom. The molecular weight excluding hydrogens is 370 g/mol. The summed E-state index contributed by atoms with van der Waals surface area (Å²) in [6.45, 7) is 8.66. The second-order valence-corrected chi connectivity index (χ2v) is 9.05. The lowest BCUT2D eigenvalue weighted by atomic mass is 10.1. The molecule has 0 aromatic heterocycles. The summed E-state index contributed by atoms with van der Waals surface area (Å²) >= 11 is 0.